The second kappa shape index (κ2) is 22.1. The molecule has 2 saturated heterocycles. The lowest BCUT2D eigenvalue weighted by atomic mass is 10.0. The molecule has 0 aliphatic carbocycles. The van der Waals surface area contributed by atoms with Crippen molar-refractivity contribution in [2.75, 3.05) is 57.1 Å². The molecule has 5 aromatic rings. The molecule has 1 atom stereocenters. The van der Waals surface area contributed by atoms with Crippen LogP contribution < -0.4 is 21.1 Å². The Bertz CT molecular complexity index is 2510. The molecular formula is C49H57N9O8. The first-order chi connectivity index (χ1) is 32.2. The average Bonchev–Trinajstić information content (AvgIpc) is 3.84. The van der Waals surface area contributed by atoms with E-state index in [4.69, 9.17) is 25.0 Å². The van der Waals surface area contributed by atoms with Crippen molar-refractivity contribution in [1.29, 1.82) is 0 Å². The number of nitrogens with zero attached hydrogens (tertiary/aromatic N) is 6. The number of fused-ring (bicyclic) bond motifs is 2. The number of para-hydroxylation sites is 1. The molecule has 0 spiro atoms. The third kappa shape index (κ3) is 11.1. The van der Waals surface area contributed by atoms with Crippen LogP contribution >= 0.6 is 0 Å². The molecule has 5 heterocycles. The third-order valence-electron chi connectivity index (χ3n) is 12.3. The molecule has 2 fully saturated rings. The van der Waals surface area contributed by atoms with Crippen molar-refractivity contribution in [3.8, 4) is 22.8 Å². The second-order valence-corrected chi connectivity index (χ2v) is 17.0. The van der Waals surface area contributed by atoms with Gasteiger partial charge in [0, 0.05) is 44.9 Å². The predicted octanol–water partition coefficient (Wildman–Crippen LogP) is 6.70. The third-order valence-corrected chi connectivity index (χ3v) is 12.3. The minimum absolute atomic E-state index is 0.0255. The highest BCUT2D eigenvalue weighted by atomic mass is 16.5. The van der Waals surface area contributed by atoms with Crippen molar-refractivity contribution in [2.45, 2.75) is 89.1 Å². The average molecular weight is 900 g/mol. The Morgan fingerprint density at radius 3 is 2.18 bits per heavy atom. The van der Waals surface area contributed by atoms with Gasteiger partial charge in [0.2, 0.25) is 17.7 Å². The summed E-state index contributed by atoms with van der Waals surface area (Å²) < 4.78 is 19.5. The quantitative estimate of drug-likeness (QED) is 0.0488. The predicted molar refractivity (Wildman–Crippen MR) is 247 cm³/mol. The first-order valence-corrected chi connectivity index (χ1v) is 23.1. The smallest absolute Gasteiger partial charge is 0.264 e. The molecular weight excluding hydrogens is 843 g/mol. The van der Waals surface area contributed by atoms with E-state index < -0.39 is 35.6 Å². The van der Waals surface area contributed by atoms with E-state index in [1.807, 2.05) is 54.6 Å². The molecule has 1 unspecified atom stereocenters. The Morgan fingerprint density at radius 1 is 0.758 bits per heavy atom. The molecule has 0 saturated carbocycles. The number of imide groups is 2. The van der Waals surface area contributed by atoms with E-state index in [2.05, 4.69) is 30.2 Å². The number of hydrogen-bond donors (Lipinski definition) is 3. The molecule has 8 rings (SSSR count). The molecule has 0 bridgehead atoms. The Hall–Kier alpha value is -6.56. The summed E-state index contributed by atoms with van der Waals surface area (Å²) in [5.74, 6) is -0.952. The topological polar surface area (TPSA) is 213 Å². The Kier molecular flexibility index (Phi) is 15.4. The zero-order valence-electron chi connectivity index (χ0n) is 37.1. The number of piperidine rings is 2. The van der Waals surface area contributed by atoms with Gasteiger partial charge in [0.1, 0.15) is 42.0 Å². The van der Waals surface area contributed by atoms with Crippen molar-refractivity contribution < 1.29 is 38.2 Å². The highest BCUT2D eigenvalue weighted by Gasteiger charge is 2.45. The van der Waals surface area contributed by atoms with E-state index in [-0.39, 0.29) is 42.3 Å². The molecule has 5 amide bonds. The van der Waals surface area contributed by atoms with Crippen LogP contribution in [0.2, 0.25) is 0 Å². The summed E-state index contributed by atoms with van der Waals surface area (Å²) >= 11 is 0. The highest BCUT2D eigenvalue weighted by molar-refractivity contribution is 6.26. The normalized spacial score (nSPS) is 16.8. The van der Waals surface area contributed by atoms with Crippen LogP contribution in [0.5, 0.6) is 11.5 Å². The number of hydrogen-bond acceptors (Lipinski definition) is 13. The number of rotatable bonds is 22. The molecule has 17 nitrogen and oxygen atoms in total. The standard InChI is InChI=1S/C49H57N9O8/c50-45-43-44(33-17-19-36(20-18-33)66-35-13-6-5-7-14-35)55-58(46(43)52-32-51-45)34-23-26-56(27-24-34)25-8-1-2-9-28-64-29-10-3-4-11-30-65-31-41(60)53-38-16-12-15-37-42(38)49(63)57(48(37)62)39-21-22-40(59)54-47(39)61/h5-7,12-20,32,34,39H,1-4,8-11,21-31H2,(H,53,60)(H2,50,51,52)(H,54,59,61). The summed E-state index contributed by atoms with van der Waals surface area (Å²) in [4.78, 5) is 75.2. The maximum absolute atomic E-state index is 13.2. The Morgan fingerprint density at radius 2 is 1.45 bits per heavy atom. The van der Waals surface area contributed by atoms with Crippen molar-refractivity contribution in [1.82, 2.24) is 34.9 Å². The van der Waals surface area contributed by atoms with E-state index >= 15 is 0 Å². The minimum Gasteiger partial charge on any atom is -0.457 e. The van der Waals surface area contributed by atoms with E-state index in [9.17, 15) is 24.0 Å². The van der Waals surface area contributed by atoms with Crippen molar-refractivity contribution in [2.24, 2.45) is 0 Å². The number of anilines is 2. The van der Waals surface area contributed by atoms with Gasteiger partial charge in [-0.3, -0.25) is 34.2 Å². The zero-order valence-corrected chi connectivity index (χ0v) is 37.1. The lowest BCUT2D eigenvalue weighted by Gasteiger charge is -2.32. The van der Waals surface area contributed by atoms with Crippen LogP contribution in [0.25, 0.3) is 22.3 Å². The number of carbonyl (C=O) groups is 5. The highest BCUT2D eigenvalue weighted by Crippen LogP contribution is 2.36. The van der Waals surface area contributed by atoms with Gasteiger partial charge >= 0.3 is 0 Å². The Balaban J connectivity index is 0.650. The molecule has 66 heavy (non-hydrogen) atoms. The number of aromatic nitrogens is 4. The van der Waals surface area contributed by atoms with Gasteiger partial charge in [0.05, 0.1) is 28.2 Å². The molecule has 3 aliphatic rings. The number of nitrogens with one attached hydrogen (secondary N) is 2. The van der Waals surface area contributed by atoms with Gasteiger partial charge in [-0.2, -0.15) is 5.10 Å². The molecule has 346 valence electrons. The lowest BCUT2D eigenvalue weighted by Crippen LogP contribution is -2.54. The van der Waals surface area contributed by atoms with Gasteiger partial charge in [-0.1, -0.05) is 49.9 Å². The monoisotopic (exact) mass is 899 g/mol. The number of unbranched alkanes of at least 4 members (excludes halogenated alkanes) is 6. The van der Waals surface area contributed by atoms with Gasteiger partial charge in [-0.05, 0) is 100 Å². The maximum Gasteiger partial charge on any atom is 0.264 e. The fraction of sp³-hybridized carbons (Fsp3) is 0.429. The Labute approximate surface area is 383 Å². The van der Waals surface area contributed by atoms with E-state index in [0.717, 1.165) is 129 Å². The van der Waals surface area contributed by atoms with Crippen molar-refractivity contribution in [3.63, 3.8) is 0 Å². The minimum atomic E-state index is -1.08. The van der Waals surface area contributed by atoms with Gasteiger partial charge in [0.25, 0.3) is 11.8 Å². The summed E-state index contributed by atoms with van der Waals surface area (Å²) in [6.07, 6.45) is 11.8. The zero-order chi connectivity index (χ0) is 45.8. The summed E-state index contributed by atoms with van der Waals surface area (Å²) in [5.41, 5.74) is 9.20. The van der Waals surface area contributed by atoms with Gasteiger partial charge in [-0.15, -0.1) is 0 Å². The number of amides is 5. The molecule has 4 N–H and O–H groups in total. The van der Waals surface area contributed by atoms with Gasteiger partial charge in [-0.25, -0.2) is 14.6 Å². The first kappa shape index (κ1) is 46.0. The summed E-state index contributed by atoms with van der Waals surface area (Å²) in [5, 5.41) is 10.7. The largest absolute Gasteiger partial charge is 0.457 e. The first-order valence-electron chi connectivity index (χ1n) is 23.1. The fourth-order valence-corrected chi connectivity index (χ4v) is 8.87. The maximum atomic E-state index is 13.2. The van der Waals surface area contributed by atoms with E-state index in [1.54, 1.807) is 6.07 Å². The van der Waals surface area contributed by atoms with Crippen LogP contribution in [-0.4, -0.2) is 111 Å². The summed E-state index contributed by atoms with van der Waals surface area (Å²) in [6, 6.07) is 21.3. The van der Waals surface area contributed by atoms with Crippen LogP contribution in [0.15, 0.2) is 79.1 Å². The molecule has 0 radical (unpaired) electrons. The molecule has 3 aliphatic heterocycles. The summed E-state index contributed by atoms with van der Waals surface area (Å²) in [6.45, 7) is 4.81. The summed E-state index contributed by atoms with van der Waals surface area (Å²) in [7, 11) is 0. The van der Waals surface area contributed by atoms with E-state index in [1.165, 1.54) is 24.9 Å². The van der Waals surface area contributed by atoms with E-state index in [0.29, 0.717) is 12.4 Å². The number of carbonyl (C=O) groups excluding carboxylic acids is 5. The van der Waals surface area contributed by atoms with Crippen LogP contribution in [-0.2, 0) is 23.9 Å². The van der Waals surface area contributed by atoms with Crippen molar-refractivity contribution >= 4 is 52.1 Å². The second-order valence-electron chi connectivity index (χ2n) is 17.0. The molecule has 17 heteroatoms. The van der Waals surface area contributed by atoms with Gasteiger partial charge < -0.3 is 30.2 Å². The molecule has 3 aromatic carbocycles. The number of benzene rings is 3. The van der Waals surface area contributed by atoms with Gasteiger partial charge in [0.15, 0.2) is 5.65 Å². The van der Waals surface area contributed by atoms with Crippen LogP contribution in [0.4, 0.5) is 11.5 Å². The fourth-order valence-electron chi connectivity index (χ4n) is 8.87. The molecule has 2 aromatic heterocycles. The van der Waals surface area contributed by atoms with Crippen LogP contribution in [0.3, 0.4) is 0 Å². The number of ether oxygens (including phenoxy) is 3. The SMILES string of the molecule is Nc1ncnc2c1c(-c1ccc(Oc3ccccc3)cc1)nn2C1CCN(CCCCCCOCCCCCCOCC(=O)Nc2cccc3c2C(=O)N(C2CCC(=O)NC2=O)C3=O)CC1. The lowest BCUT2D eigenvalue weighted by molar-refractivity contribution is -0.136. The number of nitrogens with two attached hydrogens (primary N) is 1. The number of likely N-dealkylation sites (tertiary alicyclic amines) is 1. The van der Waals surface area contributed by atoms with Crippen LogP contribution in [0.1, 0.15) is 104 Å². The van der Waals surface area contributed by atoms with Crippen LogP contribution in [0, 0.1) is 0 Å². The van der Waals surface area contributed by atoms with Crippen molar-refractivity contribution in [3.05, 3.63) is 90.3 Å². The number of nitrogen functional groups attached to an aromatic ring is 1.